The maximum atomic E-state index is 12.4. The zero-order valence-corrected chi connectivity index (χ0v) is 14.7. The van der Waals surface area contributed by atoms with E-state index in [4.69, 9.17) is 15.2 Å². The third kappa shape index (κ3) is 6.47. The first-order valence-corrected chi connectivity index (χ1v) is 8.51. The van der Waals surface area contributed by atoms with Crippen molar-refractivity contribution >= 4 is 5.91 Å². The van der Waals surface area contributed by atoms with Crippen LogP contribution < -0.4 is 15.2 Å². The summed E-state index contributed by atoms with van der Waals surface area (Å²) in [6.07, 6.45) is 1.16. The Labute approximate surface area is 149 Å². The molecule has 5 heteroatoms. The molecule has 0 bridgehead atoms. The second-order valence-corrected chi connectivity index (χ2v) is 5.68. The Morgan fingerprint density at radius 3 is 2.32 bits per heavy atom. The van der Waals surface area contributed by atoms with Crippen molar-refractivity contribution in [3.05, 3.63) is 60.2 Å². The van der Waals surface area contributed by atoms with E-state index >= 15 is 0 Å². The van der Waals surface area contributed by atoms with Gasteiger partial charge in [-0.1, -0.05) is 30.3 Å². The third-order valence-electron chi connectivity index (χ3n) is 3.91. The summed E-state index contributed by atoms with van der Waals surface area (Å²) in [6.45, 7) is 2.04. The molecule has 1 amide bonds. The van der Waals surface area contributed by atoms with Gasteiger partial charge in [0.25, 0.3) is 0 Å². The van der Waals surface area contributed by atoms with Gasteiger partial charge in [-0.2, -0.15) is 0 Å². The smallest absolute Gasteiger partial charge is 0.226 e. The molecule has 2 aromatic rings. The molecule has 0 spiro atoms. The lowest BCUT2D eigenvalue weighted by Crippen LogP contribution is -2.37. The lowest BCUT2D eigenvalue weighted by atomic mass is 10.1. The number of carbonyl (C=O) groups is 1. The topological polar surface area (TPSA) is 64.8 Å². The molecule has 25 heavy (non-hydrogen) atoms. The van der Waals surface area contributed by atoms with Crippen LogP contribution in [0.5, 0.6) is 11.5 Å². The van der Waals surface area contributed by atoms with Gasteiger partial charge < -0.3 is 20.1 Å². The summed E-state index contributed by atoms with van der Waals surface area (Å²) in [4.78, 5) is 14.2. The summed E-state index contributed by atoms with van der Waals surface area (Å²) in [5.41, 5.74) is 6.86. The van der Waals surface area contributed by atoms with Crippen molar-refractivity contribution in [1.29, 1.82) is 0 Å². The SMILES string of the molecule is COc1ccc(OCCC(=O)N(CCN)CCc2ccccc2)cc1. The van der Waals surface area contributed by atoms with E-state index in [2.05, 4.69) is 12.1 Å². The first-order chi connectivity index (χ1) is 12.2. The molecule has 5 nitrogen and oxygen atoms in total. The number of hydrogen-bond acceptors (Lipinski definition) is 4. The molecule has 0 radical (unpaired) electrons. The van der Waals surface area contributed by atoms with Crippen molar-refractivity contribution in [2.45, 2.75) is 12.8 Å². The number of ether oxygens (including phenoxy) is 2. The van der Waals surface area contributed by atoms with E-state index in [0.717, 1.165) is 17.9 Å². The Bertz CT molecular complexity index is 629. The molecule has 0 saturated heterocycles. The van der Waals surface area contributed by atoms with Gasteiger partial charge in [0.05, 0.1) is 20.1 Å². The Hall–Kier alpha value is -2.53. The molecule has 0 unspecified atom stereocenters. The molecule has 2 rings (SSSR count). The number of nitrogens with zero attached hydrogens (tertiary/aromatic N) is 1. The van der Waals surface area contributed by atoms with Crippen LogP contribution in [0, 0.1) is 0 Å². The van der Waals surface area contributed by atoms with E-state index in [1.54, 1.807) is 7.11 Å². The molecule has 2 aromatic carbocycles. The van der Waals surface area contributed by atoms with Gasteiger partial charge in [-0.05, 0) is 36.2 Å². The van der Waals surface area contributed by atoms with Gasteiger partial charge in [0.1, 0.15) is 11.5 Å². The fourth-order valence-corrected chi connectivity index (χ4v) is 2.51. The van der Waals surface area contributed by atoms with E-state index in [1.807, 2.05) is 47.4 Å². The Balaban J connectivity index is 1.78. The molecule has 0 fully saturated rings. The number of methoxy groups -OCH3 is 1. The first-order valence-electron chi connectivity index (χ1n) is 8.51. The zero-order valence-electron chi connectivity index (χ0n) is 14.7. The number of rotatable bonds is 10. The van der Waals surface area contributed by atoms with E-state index < -0.39 is 0 Å². The number of amides is 1. The average Bonchev–Trinajstić information content (AvgIpc) is 2.66. The maximum Gasteiger partial charge on any atom is 0.226 e. The summed E-state index contributed by atoms with van der Waals surface area (Å²) >= 11 is 0. The summed E-state index contributed by atoms with van der Waals surface area (Å²) in [7, 11) is 1.62. The van der Waals surface area contributed by atoms with Crippen LogP contribution in [0.4, 0.5) is 0 Å². The predicted molar refractivity (Wildman–Crippen MR) is 98.9 cm³/mol. The molecule has 134 valence electrons. The third-order valence-corrected chi connectivity index (χ3v) is 3.91. The second-order valence-electron chi connectivity index (χ2n) is 5.68. The second kappa shape index (κ2) is 10.4. The van der Waals surface area contributed by atoms with E-state index in [0.29, 0.717) is 32.7 Å². The highest BCUT2D eigenvalue weighted by atomic mass is 16.5. The minimum atomic E-state index is 0.0647. The van der Waals surface area contributed by atoms with Crippen LogP contribution in [-0.2, 0) is 11.2 Å². The molecule has 0 aliphatic heterocycles. The Morgan fingerprint density at radius 2 is 1.68 bits per heavy atom. The van der Waals surface area contributed by atoms with Gasteiger partial charge in [0, 0.05) is 19.6 Å². The predicted octanol–water partition coefficient (Wildman–Crippen LogP) is 2.49. The number of benzene rings is 2. The van der Waals surface area contributed by atoms with E-state index in [1.165, 1.54) is 5.56 Å². The van der Waals surface area contributed by atoms with E-state index in [9.17, 15) is 4.79 Å². The van der Waals surface area contributed by atoms with Crippen LogP contribution in [-0.4, -0.2) is 44.2 Å². The van der Waals surface area contributed by atoms with Gasteiger partial charge in [-0.3, -0.25) is 4.79 Å². The standard InChI is InChI=1S/C20H26N2O3/c1-24-18-7-9-19(10-8-18)25-16-12-20(23)22(15-13-21)14-11-17-5-3-2-4-6-17/h2-10H,11-16,21H2,1H3. The highest BCUT2D eigenvalue weighted by molar-refractivity contribution is 5.76. The van der Waals surface area contributed by atoms with Crippen molar-refractivity contribution in [2.75, 3.05) is 33.4 Å². The molecule has 0 saturated carbocycles. The van der Waals surface area contributed by atoms with Gasteiger partial charge in [-0.25, -0.2) is 0 Å². The maximum absolute atomic E-state index is 12.4. The van der Waals surface area contributed by atoms with Gasteiger partial charge in [-0.15, -0.1) is 0 Å². The van der Waals surface area contributed by atoms with Crippen LogP contribution >= 0.6 is 0 Å². The quantitative estimate of drug-likeness (QED) is 0.720. The summed E-state index contributed by atoms with van der Waals surface area (Å²) in [6, 6.07) is 17.5. The number of nitrogens with two attached hydrogens (primary N) is 1. The molecular formula is C20H26N2O3. The average molecular weight is 342 g/mol. The van der Waals surface area contributed by atoms with Crippen LogP contribution in [0.2, 0.25) is 0 Å². The van der Waals surface area contributed by atoms with Crippen molar-refractivity contribution < 1.29 is 14.3 Å². The first kappa shape index (κ1) is 18.8. The fourth-order valence-electron chi connectivity index (χ4n) is 2.51. The van der Waals surface area contributed by atoms with Gasteiger partial charge in [0.2, 0.25) is 5.91 Å². The van der Waals surface area contributed by atoms with Gasteiger partial charge in [0.15, 0.2) is 0 Å². The van der Waals surface area contributed by atoms with Crippen LogP contribution in [0.3, 0.4) is 0 Å². The number of carbonyl (C=O) groups excluding carboxylic acids is 1. The van der Waals surface area contributed by atoms with E-state index in [-0.39, 0.29) is 5.91 Å². The fraction of sp³-hybridized carbons (Fsp3) is 0.350. The van der Waals surface area contributed by atoms with Crippen LogP contribution in [0.15, 0.2) is 54.6 Å². The summed E-state index contributed by atoms with van der Waals surface area (Å²) in [5.74, 6) is 1.57. The summed E-state index contributed by atoms with van der Waals surface area (Å²) in [5, 5.41) is 0. The van der Waals surface area contributed by atoms with Gasteiger partial charge >= 0.3 is 0 Å². The minimum Gasteiger partial charge on any atom is -0.497 e. The molecular weight excluding hydrogens is 316 g/mol. The van der Waals surface area contributed by atoms with Crippen molar-refractivity contribution in [3.63, 3.8) is 0 Å². The minimum absolute atomic E-state index is 0.0647. The highest BCUT2D eigenvalue weighted by Crippen LogP contribution is 2.17. The largest absolute Gasteiger partial charge is 0.497 e. The monoisotopic (exact) mass is 342 g/mol. The Morgan fingerprint density at radius 1 is 1.00 bits per heavy atom. The summed E-state index contributed by atoms with van der Waals surface area (Å²) < 4.78 is 10.7. The Kier molecular flexibility index (Phi) is 7.79. The molecule has 0 aliphatic rings. The van der Waals surface area contributed by atoms with Crippen molar-refractivity contribution in [1.82, 2.24) is 4.90 Å². The van der Waals surface area contributed by atoms with Crippen LogP contribution in [0.1, 0.15) is 12.0 Å². The van der Waals surface area contributed by atoms with Crippen LogP contribution in [0.25, 0.3) is 0 Å². The van der Waals surface area contributed by atoms with Crippen molar-refractivity contribution in [2.24, 2.45) is 5.73 Å². The molecule has 0 aromatic heterocycles. The molecule has 0 heterocycles. The normalized spacial score (nSPS) is 10.3. The lowest BCUT2D eigenvalue weighted by Gasteiger charge is -2.22. The molecule has 0 atom stereocenters. The highest BCUT2D eigenvalue weighted by Gasteiger charge is 2.13. The molecule has 2 N–H and O–H groups in total. The van der Waals surface area contributed by atoms with Crippen molar-refractivity contribution in [3.8, 4) is 11.5 Å². The zero-order chi connectivity index (χ0) is 17.9. The molecule has 0 aliphatic carbocycles. The lowest BCUT2D eigenvalue weighted by molar-refractivity contribution is -0.131. The number of hydrogen-bond donors (Lipinski definition) is 1.